The highest BCUT2D eigenvalue weighted by Crippen LogP contribution is 2.58. The second-order valence-electron chi connectivity index (χ2n) is 10.0. The first-order valence-electron chi connectivity index (χ1n) is 12.8. The number of anilines is 1. The van der Waals surface area contributed by atoms with E-state index in [1.807, 2.05) is 0 Å². The molecule has 206 valence electrons. The van der Waals surface area contributed by atoms with E-state index in [-0.39, 0.29) is 29.7 Å². The molecule has 7 nitrogen and oxygen atoms in total. The fourth-order valence-electron chi connectivity index (χ4n) is 5.02. The van der Waals surface area contributed by atoms with Crippen molar-refractivity contribution in [1.82, 2.24) is 14.6 Å². The molecule has 0 unspecified atom stereocenters. The van der Waals surface area contributed by atoms with Crippen LogP contribution in [-0.2, 0) is 15.4 Å². The molecule has 5 rings (SSSR count). The average molecular weight is 559 g/mol. The molecule has 2 heterocycles. The maximum atomic E-state index is 13.4. The minimum Gasteiger partial charge on any atom is -0.382 e. The molecule has 1 aromatic heterocycles. The van der Waals surface area contributed by atoms with Crippen molar-refractivity contribution in [3.8, 4) is 11.1 Å². The number of pyridine rings is 1. The molecule has 0 spiro atoms. The lowest BCUT2D eigenvalue weighted by Crippen LogP contribution is -2.42. The number of benzene rings is 2. The topological polar surface area (TPSA) is 91.4 Å². The summed E-state index contributed by atoms with van der Waals surface area (Å²) in [5.41, 5.74) is 1.16. The Morgan fingerprint density at radius 2 is 1.56 bits per heavy atom. The molecule has 2 aromatic carbocycles. The summed E-state index contributed by atoms with van der Waals surface area (Å²) in [6.07, 6.45) is -1.26. The minimum absolute atomic E-state index is 0.0208. The SMILES string of the molecule is CNC(=O)c1ccc(-c2ccc(S(=O)(=O)N3CCC(Nc4ccc(C5(C(F)(F)F)CC5)cc4)CC3)cc2)cn1. The lowest BCUT2D eigenvalue weighted by molar-refractivity contribution is -0.160. The van der Waals surface area contributed by atoms with E-state index in [1.54, 1.807) is 66.9 Å². The maximum absolute atomic E-state index is 13.4. The Labute approximate surface area is 225 Å². The van der Waals surface area contributed by atoms with Gasteiger partial charge < -0.3 is 10.6 Å². The van der Waals surface area contributed by atoms with Gasteiger partial charge in [-0.05, 0) is 67.1 Å². The van der Waals surface area contributed by atoms with Crippen molar-refractivity contribution in [1.29, 1.82) is 0 Å². The first kappa shape index (κ1) is 27.1. The molecule has 39 heavy (non-hydrogen) atoms. The number of nitrogens with zero attached hydrogens (tertiary/aromatic N) is 2. The molecule has 2 aliphatic rings. The van der Waals surface area contributed by atoms with Crippen LogP contribution >= 0.6 is 0 Å². The molecule has 1 amide bonds. The average Bonchev–Trinajstić information content (AvgIpc) is 3.76. The number of rotatable bonds is 7. The molecule has 1 saturated heterocycles. The zero-order chi connectivity index (χ0) is 27.8. The van der Waals surface area contributed by atoms with Crippen LogP contribution in [0.1, 0.15) is 41.7 Å². The summed E-state index contributed by atoms with van der Waals surface area (Å²) in [4.78, 5) is 16.0. The molecule has 2 N–H and O–H groups in total. The van der Waals surface area contributed by atoms with Gasteiger partial charge in [-0.1, -0.05) is 30.3 Å². The van der Waals surface area contributed by atoms with Crippen LogP contribution in [0.4, 0.5) is 18.9 Å². The molecule has 1 aliphatic carbocycles. The highest BCUT2D eigenvalue weighted by molar-refractivity contribution is 7.89. The summed E-state index contributed by atoms with van der Waals surface area (Å²) >= 11 is 0. The number of hydrogen-bond acceptors (Lipinski definition) is 5. The van der Waals surface area contributed by atoms with Gasteiger partial charge in [0.1, 0.15) is 5.69 Å². The minimum atomic E-state index is -4.24. The number of carbonyl (C=O) groups is 1. The third-order valence-corrected chi connectivity index (χ3v) is 9.52. The number of alkyl halides is 3. The second kappa shape index (κ2) is 10.3. The number of sulfonamides is 1. The van der Waals surface area contributed by atoms with E-state index in [2.05, 4.69) is 15.6 Å². The molecule has 1 aliphatic heterocycles. The van der Waals surface area contributed by atoms with Crippen LogP contribution in [0.3, 0.4) is 0 Å². The van der Waals surface area contributed by atoms with Crippen molar-refractivity contribution in [2.45, 2.75) is 48.2 Å². The van der Waals surface area contributed by atoms with Gasteiger partial charge >= 0.3 is 6.18 Å². The van der Waals surface area contributed by atoms with E-state index >= 15 is 0 Å². The van der Waals surface area contributed by atoms with Gasteiger partial charge in [0.05, 0.1) is 10.3 Å². The number of amides is 1. The summed E-state index contributed by atoms with van der Waals surface area (Å²) < 4.78 is 68.0. The van der Waals surface area contributed by atoms with Gasteiger partial charge in [-0.3, -0.25) is 9.78 Å². The van der Waals surface area contributed by atoms with Crippen LogP contribution in [0.25, 0.3) is 11.1 Å². The lowest BCUT2D eigenvalue weighted by Gasteiger charge is -2.32. The van der Waals surface area contributed by atoms with Crippen molar-refractivity contribution in [2.75, 3.05) is 25.5 Å². The van der Waals surface area contributed by atoms with Crippen molar-refractivity contribution >= 4 is 21.6 Å². The summed E-state index contributed by atoms with van der Waals surface area (Å²) in [7, 11) is -2.15. The number of piperidine rings is 1. The van der Waals surface area contributed by atoms with Crippen LogP contribution < -0.4 is 10.6 Å². The number of hydrogen-bond donors (Lipinski definition) is 2. The monoisotopic (exact) mass is 558 g/mol. The summed E-state index contributed by atoms with van der Waals surface area (Å²) in [6, 6.07) is 16.4. The Kier molecular flexibility index (Phi) is 7.15. The number of carbonyl (C=O) groups excluding carboxylic acids is 1. The molecular weight excluding hydrogens is 529 g/mol. The quantitative estimate of drug-likeness (QED) is 0.428. The molecule has 2 fully saturated rings. The molecule has 3 aromatic rings. The predicted molar refractivity (Wildman–Crippen MR) is 142 cm³/mol. The van der Waals surface area contributed by atoms with E-state index in [4.69, 9.17) is 0 Å². The fourth-order valence-corrected chi connectivity index (χ4v) is 6.49. The zero-order valence-electron chi connectivity index (χ0n) is 21.3. The van der Waals surface area contributed by atoms with E-state index in [0.29, 0.717) is 37.2 Å². The lowest BCUT2D eigenvalue weighted by atomic mass is 9.95. The molecule has 1 saturated carbocycles. The van der Waals surface area contributed by atoms with Gasteiger partial charge in [0.2, 0.25) is 10.0 Å². The van der Waals surface area contributed by atoms with Gasteiger partial charge in [-0.15, -0.1) is 0 Å². The van der Waals surface area contributed by atoms with Crippen molar-refractivity contribution in [3.63, 3.8) is 0 Å². The summed E-state index contributed by atoms with van der Waals surface area (Å²) in [5, 5.41) is 5.85. The molecule has 0 radical (unpaired) electrons. The van der Waals surface area contributed by atoms with Crippen molar-refractivity contribution < 1.29 is 26.4 Å². The van der Waals surface area contributed by atoms with E-state index in [9.17, 15) is 26.4 Å². The smallest absolute Gasteiger partial charge is 0.382 e. The van der Waals surface area contributed by atoms with Gasteiger partial charge in [-0.25, -0.2) is 8.42 Å². The van der Waals surface area contributed by atoms with Gasteiger partial charge in [-0.2, -0.15) is 17.5 Å². The number of aromatic nitrogens is 1. The molecular formula is C28H29F3N4O3S. The van der Waals surface area contributed by atoms with Gasteiger partial charge in [0.15, 0.2) is 0 Å². The standard InChI is InChI=1S/C28H29F3N4O3S/c1-32-26(36)25-11-4-20(18-33-25)19-2-9-24(10-3-19)39(37,38)35-16-12-23(13-17-35)34-22-7-5-21(6-8-22)27(14-15-27)28(29,30)31/h2-11,18,23,34H,12-17H2,1H3,(H,32,36). The maximum Gasteiger partial charge on any atom is 0.398 e. The number of nitrogens with one attached hydrogen (secondary N) is 2. The first-order chi connectivity index (χ1) is 18.5. The Balaban J connectivity index is 1.18. The Hall–Kier alpha value is -3.44. The molecule has 11 heteroatoms. The zero-order valence-corrected chi connectivity index (χ0v) is 22.1. The van der Waals surface area contributed by atoms with Crippen LogP contribution in [-0.4, -0.2) is 56.0 Å². The highest BCUT2D eigenvalue weighted by atomic mass is 32.2. The normalized spacial score (nSPS) is 17.9. The summed E-state index contributed by atoms with van der Waals surface area (Å²) in [6.45, 7) is 0.670. The van der Waals surface area contributed by atoms with E-state index < -0.39 is 21.6 Å². The van der Waals surface area contributed by atoms with Crippen molar-refractivity contribution in [3.05, 3.63) is 78.1 Å². The van der Waals surface area contributed by atoms with Crippen molar-refractivity contribution in [2.24, 2.45) is 0 Å². The van der Waals surface area contributed by atoms with E-state index in [0.717, 1.165) is 16.8 Å². The van der Waals surface area contributed by atoms with Gasteiger partial charge in [0, 0.05) is 43.6 Å². The Morgan fingerprint density at radius 1 is 0.949 bits per heavy atom. The number of halogens is 3. The summed E-state index contributed by atoms with van der Waals surface area (Å²) in [5.74, 6) is -0.285. The van der Waals surface area contributed by atoms with Crippen LogP contribution in [0.15, 0.2) is 71.8 Å². The largest absolute Gasteiger partial charge is 0.398 e. The van der Waals surface area contributed by atoms with E-state index in [1.165, 1.54) is 11.4 Å². The third kappa shape index (κ3) is 5.38. The molecule has 0 atom stereocenters. The van der Waals surface area contributed by atoms with Crippen LogP contribution in [0, 0.1) is 0 Å². The van der Waals surface area contributed by atoms with Crippen LogP contribution in [0.2, 0.25) is 0 Å². The Morgan fingerprint density at radius 3 is 2.08 bits per heavy atom. The second-order valence-corrected chi connectivity index (χ2v) is 12.0. The first-order valence-corrected chi connectivity index (χ1v) is 14.2. The third-order valence-electron chi connectivity index (χ3n) is 7.60. The fraction of sp³-hybridized carbons (Fsp3) is 0.357. The van der Waals surface area contributed by atoms with Crippen LogP contribution in [0.5, 0.6) is 0 Å². The molecule has 0 bridgehead atoms. The Bertz CT molecular complexity index is 1430. The highest BCUT2D eigenvalue weighted by Gasteiger charge is 2.64. The van der Waals surface area contributed by atoms with Gasteiger partial charge in [0.25, 0.3) is 5.91 Å². The predicted octanol–water partition coefficient (Wildman–Crippen LogP) is 4.97.